The van der Waals surface area contributed by atoms with Crippen LogP contribution < -0.4 is 4.74 Å². The fourth-order valence-electron chi connectivity index (χ4n) is 3.66. The highest BCUT2D eigenvalue weighted by Crippen LogP contribution is 2.37. The summed E-state index contributed by atoms with van der Waals surface area (Å²) in [6.45, 7) is 3.32. The Kier molecular flexibility index (Phi) is 5.57. The van der Waals surface area contributed by atoms with Crippen molar-refractivity contribution in [3.05, 3.63) is 65.0 Å². The minimum atomic E-state index is -0.736. The van der Waals surface area contributed by atoms with Crippen molar-refractivity contribution >= 4 is 5.97 Å². The molecule has 4 nitrogen and oxygen atoms in total. The monoisotopic (exact) mass is 357 g/mol. The molecule has 1 aliphatic heterocycles. The molecule has 0 saturated carbocycles. The van der Waals surface area contributed by atoms with Crippen LogP contribution in [0.5, 0.6) is 5.75 Å². The van der Waals surface area contributed by atoms with E-state index in [9.17, 15) is 14.3 Å². The third kappa shape index (κ3) is 3.88. The zero-order valence-electron chi connectivity index (χ0n) is 15.1. The lowest BCUT2D eigenvalue weighted by Gasteiger charge is -2.37. The molecule has 0 spiro atoms. The van der Waals surface area contributed by atoms with Crippen LogP contribution >= 0.6 is 0 Å². The number of hydrogen-bond donors (Lipinski definition) is 1. The molecule has 3 rings (SSSR count). The molecule has 2 aromatic carbocycles. The Labute approximate surface area is 153 Å². The predicted octanol–water partition coefficient (Wildman–Crippen LogP) is 4.03. The summed E-state index contributed by atoms with van der Waals surface area (Å²) < 4.78 is 19.5. The van der Waals surface area contributed by atoms with Crippen molar-refractivity contribution in [2.75, 3.05) is 20.2 Å². The van der Waals surface area contributed by atoms with Gasteiger partial charge in [-0.15, -0.1) is 0 Å². The average molecular weight is 357 g/mol. The van der Waals surface area contributed by atoms with E-state index >= 15 is 0 Å². The van der Waals surface area contributed by atoms with Gasteiger partial charge in [-0.05, 0) is 56.6 Å². The Hall–Kier alpha value is -2.40. The number of carbonyl (C=O) groups is 1. The quantitative estimate of drug-likeness (QED) is 0.878. The Morgan fingerprint density at radius 2 is 1.85 bits per heavy atom. The van der Waals surface area contributed by atoms with Crippen LogP contribution in [-0.2, 0) is 4.79 Å². The topological polar surface area (TPSA) is 49.8 Å². The standard InChI is InChI=1S/C21H24FNO3/c1-14-3-5-15(6-4-14)20(18-13-17(22)7-8-19(18)26-2)23-11-9-16(10-12-23)21(24)25/h3-8,13,16,20H,9-12H2,1-2H3,(H,24,25). The highest BCUT2D eigenvalue weighted by molar-refractivity contribution is 5.70. The Balaban J connectivity index is 1.99. The first-order chi connectivity index (χ1) is 12.5. The molecule has 5 heteroatoms. The van der Waals surface area contributed by atoms with Crippen molar-refractivity contribution in [3.8, 4) is 5.75 Å². The first-order valence-corrected chi connectivity index (χ1v) is 8.86. The molecule has 1 atom stereocenters. The van der Waals surface area contributed by atoms with E-state index in [1.54, 1.807) is 13.2 Å². The molecule has 0 radical (unpaired) electrons. The second-order valence-corrected chi connectivity index (χ2v) is 6.85. The van der Waals surface area contributed by atoms with E-state index in [-0.39, 0.29) is 17.8 Å². The van der Waals surface area contributed by atoms with Crippen LogP contribution in [0.25, 0.3) is 0 Å². The summed E-state index contributed by atoms with van der Waals surface area (Å²) in [5, 5.41) is 9.26. The van der Waals surface area contributed by atoms with E-state index in [0.29, 0.717) is 31.7 Å². The number of likely N-dealkylation sites (tertiary alicyclic amines) is 1. The van der Waals surface area contributed by atoms with Crippen molar-refractivity contribution in [2.45, 2.75) is 25.8 Å². The smallest absolute Gasteiger partial charge is 0.306 e. The number of halogens is 1. The Morgan fingerprint density at radius 1 is 1.19 bits per heavy atom. The van der Waals surface area contributed by atoms with Crippen LogP contribution in [0.2, 0.25) is 0 Å². The number of benzene rings is 2. The lowest BCUT2D eigenvalue weighted by atomic mass is 9.90. The fourth-order valence-corrected chi connectivity index (χ4v) is 3.66. The Morgan fingerprint density at radius 3 is 2.42 bits per heavy atom. The first-order valence-electron chi connectivity index (χ1n) is 8.86. The van der Waals surface area contributed by atoms with Crippen LogP contribution in [-0.4, -0.2) is 36.2 Å². The van der Waals surface area contributed by atoms with Gasteiger partial charge in [-0.1, -0.05) is 29.8 Å². The number of rotatable bonds is 5. The molecule has 1 heterocycles. The number of ether oxygens (including phenoxy) is 1. The summed E-state index contributed by atoms with van der Waals surface area (Å²) in [4.78, 5) is 13.5. The maximum absolute atomic E-state index is 14.0. The molecule has 0 aromatic heterocycles. The SMILES string of the molecule is COc1ccc(F)cc1C(c1ccc(C)cc1)N1CCC(C(=O)O)CC1. The summed E-state index contributed by atoms with van der Waals surface area (Å²) in [5.41, 5.74) is 2.97. The number of hydrogen-bond acceptors (Lipinski definition) is 3. The van der Waals surface area contributed by atoms with Gasteiger partial charge < -0.3 is 9.84 Å². The second-order valence-electron chi connectivity index (χ2n) is 6.85. The molecular formula is C21H24FNO3. The van der Waals surface area contributed by atoms with Gasteiger partial charge in [0.15, 0.2) is 0 Å². The van der Waals surface area contributed by atoms with Gasteiger partial charge in [-0.2, -0.15) is 0 Å². The maximum atomic E-state index is 14.0. The minimum absolute atomic E-state index is 0.170. The third-order valence-electron chi connectivity index (χ3n) is 5.12. The van der Waals surface area contributed by atoms with Crippen LogP contribution in [0, 0.1) is 18.7 Å². The van der Waals surface area contributed by atoms with Gasteiger partial charge in [0.1, 0.15) is 11.6 Å². The number of nitrogens with zero attached hydrogens (tertiary/aromatic N) is 1. The molecule has 0 aliphatic carbocycles. The molecule has 1 N–H and O–H groups in total. The van der Waals surface area contributed by atoms with E-state index in [1.165, 1.54) is 12.1 Å². The van der Waals surface area contributed by atoms with Gasteiger partial charge in [0, 0.05) is 5.56 Å². The zero-order chi connectivity index (χ0) is 18.7. The van der Waals surface area contributed by atoms with Gasteiger partial charge in [0.05, 0.1) is 19.1 Å². The average Bonchev–Trinajstić information content (AvgIpc) is 2.64. The fraction of sp³-hybridized carbons (Fsp3) is 0.381. The normalized spacial score (nSPS) is 17.0. The van der Waals surface area contributed by atoms with Gasteiger partial charge in [-0.3, -0.25) is 9.69 Å². The van der Waals surface area contributed by atoms with Gasteiger partial charge in [-0.25, -0.2) is 4.39 Å². The van der Waals surface area contributed by atoms with E-state index in [2.05, 4.69) is 4.90 Å². The lowest BCUT2D eigenvalue weighted by Crippen LogP contribution is -2.39. The summed E-state index contributed by atoms with van der Waals surface area (Å²) in [6.07, 6.45) is 1.19. The van der Waals surface area contributed by atoms with Crippen LogP contribution in [0.4, 0.5) is 4.39 Å². The third-order valence-corrected chi connectivity index (χ3v) is 5.12. The van der Waals surface area contributed by atoms with E-state index in [1.807, 2.05) is 31.2 Å². The number of aliphatic carboxylic acids is 1. The van der Waals surface area contributed by atoms with Crippen LogP contribution in [0.3, 0.4) is 0 Å². The number of carboxylic acid groups (broad SMARTS) is 1. The molecule has 0 amide bonds. The molecule has 0 bridgehead atoms. The van der Waals surface area contributed by atoms with E-state index < -0.39 is 5.97 Å². The summed E-state index contributed by atoms with van der Waals surface area (Å²) in [5.74, 6) is -0.713. The maximum Gasteiger partial charge on any atom is 0.306 e. The van der Waals surface area contributed by atoms with Crippen molar-refractivity contribution in [1.29, 1.82) is 0 Å². The van der Waals surface area contributed by atoms with Crippen LogP contribution in [0.15, 0.2) is 42.5 Å². The van der Waals surface area contributed by atoms with Crippen molar-refractivity contribution in [1.82, 2.24) is 4.90 Å². The second kappa shape index (κ2) is 7.87. The molecular weight excluding hydrogens is 333 g/mol. The number of methoxy groups -OCH3 is 1. The highest BCUT2D eigenvalue weighted by atomic mass is 19.1. The minimum Gasteiger partial charge on any atom is -0.496 e. The number of piperidine rings is 1. The Bertz CT molecular complexity index is 767. The highest BCUT2D eigenvalue weighted by Gasteiger charge is 2.31. The summed E-state index contributed by atoms with van der Waals surface area (Å²) in [7, 11) is 1.58. The molecule has 1 fully saturated rings. The zero-order valence-corrected chi connectivity index (χ0v) is 15.1. The molecule has 2 aromatic rings. The van der Waals surface area contributed by atoms with Gasteiger partial charge >= 0.3 is 5.97 Å². The first kappa shape index (κ1) is 18.4. The summed E-state index contributed by atoms with van der Waals surface area (Å²) in [6, 6.07) is 12.6. The van der Waals surface area contributed by atoms with Gasteiger partial charge in [0.2, 0.25) is 0 Å². The largest absolute Gasteiger partial charge is 0.496 e. The molecule has 1 unspecified atom stereocenters. The number of aryl methyl sites for hydroxylation is 1. The number of carboxylic acids is 1. The van der Waals surface area contributed by atoms with E-state index in [4.69, 9.17) is 4.74 Å². The predicted molar refractivity (Wildman–Crippen MR) is 97.9 cm³/mol. The molecule has 26 heavy (non-hydrogen) atoms. The molecule has 138 valence electrons. The van der Waals surface area contributed by atoms with Crippen LogP contribution in [0.1, 0.15) is 35.6 Å². The molecule has 1 aliphatic rings. The van der Waals surface area contributed by atoms with Crippen molar-refractivity contribution in [3.63, 3.8) is 0 Å². The van der Waals surface area contributed by atoms with E-state index in [0.717, 1.165) is 16.7 Å². The van der Waals surface area contributed by atoms with Crippen molar-refractivity contribution in [2.24, 2.45) is 5.92 Å². The van der Waals surface area contributed by atoms with Crippen molar-refractivity contribution < 1.29 is 19.0 Å². The van der Waals surface area contributed by atoms with Gasteiger partial charge in [0.25, 0.3) is 0 Å². The summed E-state index contributed by atoms with van der Waals surface area (Å²) >= 11 is 0. The lowest BCUT2D eigenvalue weighted by molar-refractivity contribution is -0.143. The molecule has 1 saturated heterocycles.